The highest BCUT2D eigenvalue weighted by Crippen LogP contribution is 2.23. The molecule has 0 unspecified atom stereocenters. The van der Waals surface area contributed by atoms with Gasteiger partial charge in [-0.2, -0.15) is 0 Å². The molecule has 0 aliphatic rings. The van der Waals surface area contributed by atoms with Crippen molar-refractivity contribution in [2.24, 2.45) is 0 Å². The molecule has 0 atom stereocenters. The fourth-order valence-corrected chi connectivity index (χ4v) is 2.80. The lowest BCUT2D eigenvalue weighted by Crippen LogP contribution is -2.15. The monoisotopic (exact) mass is 390 g/mol. The Bertz CT molecular complexity index is 1020. The van der Waals surface area contributed by atoms with E-state index in [1.165, 1.54) is 24.3 Å². The van der Waals surface area contributed by atoms with Crippen molar-refractivity contribution in [1.29, 1.82) is 0 Å². The third kappa shape index (κ3) is 5.29. The molecule has 0 spiro atoms. The molecule has 0 bridgehead atoms. The number of hydrogen-bond acceptors (Lipinski definition) is 2. The van der Waals surface area contributed by atoms with Crippen molar-refractivity contribution in [3.8, 4) is 0 Å². The largest absolute Gasteiger partial charge is 0.322 e. The van der Waals surface area contributed by atoms with Crippen molar-refractivity contribution in [2.45, 2.75) is 26.2 Å². The molecule has 2 N–H and O–H groups in total. The third-order valence-corrected chi connectivity index (χ3v) is 4.50. The standard InChI is InChI=1S/C24H23FN2O2/c1-24(2,3)18-11-7-16(8-12-18)22(28)26-20-5-4-6-21(15-20)27-23(29)17-9-13-19(25)14-10-17/h4-15H,1-3H3,(H,26,28)(H,27,29). The first-order valence-corrected chi connectivity index (χ1v) is 9.31. The molecule has 0 aliphatic heterocycles. The Morgan fingerprint density at radius 1 is 0.724 bits per heavy atom. The van der Waals surface area contributed by atoms with E-state index in [0.717, 1.165) is 5.56 Å². The lowest BCUT2D eigenvalue weighted by molar-refractivity contribution is 0.101. The van der Waals surface area contributed by atoms with E-state index in [1.807, 2.05) is 12.1 Å². The van der Waals surface area contributed by atoms with Crippen LogP contribution in [0, 0.1) is 5.82 Å². The van der Waals surface area contributed by atoms with E-state index in [-0.39, 0.29) is 17.2 Å². The molecule has 0 heterocycles. The van der Waals surface area contributed by atoms with Crippen LogP contribution in [0.5, 0.6) is 0 Å². The molecule has 4 nitrogen and oxygen atoms in total. The van der Waals surface area contributed by atoms with Crippen LogP contribution >= 0.6 is 0 Å². The summed E-state index contributed by atoms with van der Waals surface area (Å²) < 4.78 is 13.0. The predicted molar refractivity (Wildman–Crippen MR) is 114 cm³/mol. The van der Waals surface area contributed by atoms with Gasteiger partial charge < -0.3 is 10.6 Å². The number of hydrogen-bond donors (Lipinski definition) is 2. The Kier molecular flexibility index (Phi) is 5.78. The molecule has 0 saturated carbocycles. The molecule has 0 radical (unpaired) electrons. The Morgan fingerprint density at radius 2 is 1.17 bits per heavy atom. The van der Waals surface area contributed by atoms with Gasteiger partial charge in [-0.25, -0.2) is 4.39 Å². The number of benzene rings is 3. The second-order valence-corrected chi connectivity index (χ2v) is 7.82. The summed E-state index contributed by atoms with van der Waals surface area (Å²) >= 11 is 0. The van der Waals surface area contributed by atoms with E-state index in [1.54, 1.807) is 36.4 Å². The number of rotatable bonds is 4. The number of carbonyl (C=O) groups is 2. The minimum Gasteiger partial charge on any atom is -0.322 e. The Balaban J connectivity index is 1.68. The summed E-state index contributed by atoms with van der Waals surface area (Å²) in [6, 6.07) is 19.7. The Hall–Kier alpha value is -3.47. The summed E-state index contributed by atoms with van der Waals surface area (Å²) in [5.74, 6) is -0.986. The molecule has 2 amide bonds. The van der Waals surface area contributed by atoms with Crippen LogP contribution < -0.4 is 10.6 Å². The van der Waals surface area contributed by atoms with Gasteiger partial charge in [0.15, 0.2) is 0 Å². The molecule has 3 rings (SSSR count). The predicted octanol–water partition coefficient (Wildman–Crippen LogP) is 5.63. The van der Waals surface area contributed by atoms with E-state index in [4.69, 9.17) is 0 Å². The first-order chi connectivity index (χ1) is 13.7. The molecular weight excluding hydrogens is 367 g/mol. The Morgan fingerprint density at radius 3 is 1.62 bits per heavy atom. The smallest absolute Gasteiger partial charge is 0.255 e. The van der Waals surface area contributed by atoms with E-state index < -0.39 is 5.82 Å². The molecule has 29 heavy (non-hydrogen) atoms. The molecule has 0 fully saturated rings. The van der Waals surface area contributed by atoms with Crippen molar-refractivity contribution < 1.29 is 14.0 Å². The summed E-state index contributed by atoms with van der Waals surface area (Å²) in [6.07, 6.45) is 0. The SMILES string of the molecule is CC(C)(C)c1ccc(C(=O)Nc2cccc(NC(=O)c3ccc(F)cc3)c2)cc1. The first kappa shape index (κ1) is 20.3. The van der Waals surface area contributed by atoms with Gasteiger partial charge in [-0.05, 0) is 65.6 Å². The molecule has 5 heteroatoms. The average molecular weight is 390 g/mol. The maximum absolute atomic E-state index is 13.0. The first-order valence-electron chi connectivity index (χ1n) is 9.31. The highest BCUT2D eigenvalue weighted by Gasteiger charge is 2.14. The number of halogens is 1. The minimum atomic E-state index is -0.401. The van der Waals surface area contributed by atoms with E-state index in [0.29, 0.717) is 22.5 Å². The highest BCUT2D eigenvalue weighted by atomic mass is 19.1. The third-order valence-electron chi connectivity index (χ3n) is 4.50. The van der Waals surface area contributed by atoms with E-state index >= 15 is 0 Å². The maximum Gasteiger partial charge on any atom is 0.255 e. The zero-order valence-corrected chi connectivity index (χ0v) is 16.6. The topological polar surface area (TPSA) is 58.2 Å². The fraction of sp³-hybridized carbons (Fsp3) is 0.167. The zero-order chi connectivity index (χ0) is 21.0. The van der Waals surface area contributed by atoms with Crippen LogP contribution in [0.15, 0.2) is 72.8 Å². The quantitative estimate of drug-likeness (QED) is 0.607. The molecule has 148 valence electrons. The van der Waals surface area contributed by atoms with Crippen molar-refractivity contribution in [2.75, 3.05) is 10.6 Å². The van der Waals surface area contributed by atoms with Crippen molar-refractivity contribution in [3.05, 3.63) is 95.3 Å². The summed E-state index contributed by atoms with van der Waals surface area (Å²) in [4.78, 5) is 24.8. The van der Waals surface area contributed by atoms with Crippen LogP contribution in [-0.2, 0) is 5.41 Å². The molecule has 0 saturated heterocycles. The zero-order valence-electron chi connectivity index (χ0n) is 16.6. The highest BCUT2D eigenvalue weighted by molar-refractivity contribution is 6.06. The van der Waals surface area contributed by atoms with Gasteiger partial charge in [0, 0.05) is 22.5 Å². The second-order valence-electron chi connectivity index (χ2n) is 7.82. The van der Waals surface area contributed by atoms with Gasteiger partial charge in [0.1, 0.15) is 5.82 Å². The second kappa shape index (κ2) is 8.27. The number of nitrogens with one attached hydrogen (secondary N) is 2. The van der Waals surface area contributed by atoms with Crippen LogP contribution in [0.4, 0.5) is 15.8 Å². The van der Waals surface area contributed by atoms with Crippen molar-refractivity contribution >= 4 is 23.2 Å². The molecular formula is C24H23FN2O2. The van der Waals surface area contributed by atoms with Gasteiger partial charge in [0.25, 0.3) is 11.8 Å². The molecule has 3 aromatic rings. The van der Waals surface area contributed by atoms with Crippen LogP contribution in [0.1, 0.15) is 47.1 Å². The molecule has 3 aromatic carbocycles. The van der Waals surface area contributed by atoms with Crippen LogP contribution in [-0.4, -0.2) is 11.8 Å². The van der Waals surface area contributed by atoms with E-state index in [2.05, 4.69) is 31.4 Å². The van der Waals surface area contributed by atoms with Gasteiger partial charge in [-0.3, -0.25) is 9.59 Å². The van der Waals surface area contributed by atoms with Gasteiger partial charge >= 0.3 is 0 Å². The van der Waals surface area contributed by atoms with Crippen LogP contribution in [0.2, 0.25) is 0 Å². The van der Waals surface area contributed by atoms with Crippen molar-refractivity contribution in [1.82, 2.24) is 0 Å². The van der Waals surface area contributed by atoms with Crippen LogP contribution in [0.25, 0.3) is 0 Å². The average Bonchev–Trinajstić information content (AvgIpc) is 2.68. The Labute approximate surface area is 169 Å². The minimum absolute atomic E-state index is 0.0199. The summed E-state index contributed by atoms with van der Waals surface area (Å²) in [5, 5.41) is 5.58. The molecule has 0 aromatic heterocycles. The normalized spacial score (nSPS) is 11.0. The van der Waals surface area contributed by atoms with Gasteiger partial charge in [-0.15, -0.1) is 0 Å². The number of anilines is 2. The summed E-state index contributed by atoms with van der Waals surface area (Å²) in [6.45, 7) is 6.36. The van der Waals surface area contributed by atoms with E-state index in [9.17, 15) is 14.0 Å². The summed E-state index contributed by atoms with van der Waals surface area (Å²) in [5.41, 5.74) is 3.16. The summed E-state index contributed by atoms with van der Waals surface area (Å²) in [7, 11) is 0. The van der Waals surface area contributed by atoms with Gasteiger partial charge in [0.2, 0.25) is 0 Å². The lowest BCUT2D eigenvalue weighted by atomic mass is 9.87. The van der Waals surface area contributed by atoms with Gasteiger partial charge in [0.05, 0.1) is 0 Å². The lowest BCUT2D eigenvalue weighted by Gasteiger charge is -2.19. The number of carbonyl (C=O) groups excluding carboxylic acids is 2. The maximum atomic E-state index is 13.0. The van der Waals surface area contributed by atoms with Crippen LogP contribution in [0.3, 0.4) is 0 Å². The number of amides is 2. The molecule has 0 aliphatic carbocycles. The van der Waals surface area contributed by atoms with Crippen molar-refractivity contribution in [3.63, 3.8) is 0 Å². The fourth-order valence-electron chi connectivity index (χ4n) is 2.80. The van der Waals surface area contributed by atoms with Gasteiger partial charge in [-0.1, -0.05) is 39.0 Å².